The largest absolute Gasteiger partial charge is 0.508 e. The molecule has 322 valence electrons. The third-order valence-corrected chi connectivity index (χ3v) is 10.1. The molecule has 0 saturated carbocycles. The van der Waals surface area contributed by atoms with Crippen molar-refractivity contribution < 1.29 is 39.3 Å². The maximum atomic E-state index is 13.9. The topological polar surface area (TPSA) is 266 Å². The zero-order valence-corrected chi connectivity index (χ0v) is 34.2. The number of aliphatic hydroxyl groups is 2. The van der Waals surface area contributed by atoms with Crippen LogP contribution >= 0.6 is 0 Å². The first-order valence-corrected chi connectivity index (χ1v) is 19.9. The van der Waals surface area contributed by atoms with Gasteiger partial charge in [0.05, 0.1) is 30.3 Å². The molecule has 18 nitrogen and oxygen atoms in total. The molecule has 7 atom stereocenters. The van der Waals surface area contributed by atoms with Crippen LogP contribution in [0.2, 0.25) is 0 Å². The number of aromatic hydroxyl groups is 1. The number of phenols is 1. The number of aliphatic hydroxyl groups excluding tert-OH is 2. The second-order valence-electron chi connectivity index (χ2n) is 14.5. The number of carbonyl (C=O) groups is 5. The van der Waals surface area contributed by atoms with Crippen molar-refractivity contribution in [3.05, 3.63) is 53.6 Å². The molecule has 3 rings (SSSR count). The summed E-state index contributed by atoms with van der Waals surface area (Å²) >= 11 is 0. The molecule has 0 radical (unpaired) electrons. The maximum Gasteiger partial charge on any atom is 0.243 e. The van der Waals surface area contributed by atoms with E-state index in [-0.39, 0.29) is 62.9 Å². The first-order valence-electron chi connectivity index (χ1n) is 19.9. The van der Waals surface area contributed by atoms with E-state index in [1.807, 2.05) is 24.3 Å². The summed E-state index contributed by atoms with van der Waals surface area (Å²) in [7, 11) is 8.26. The quantitative estimate of drug-likeness (QED) is 0.0560. The fourth-order valence-corrected chi connectivity index (χ4v) is 6.73. The van der Waals surface area contributed by atoms with Gasteiger partial charge >= 0.3 is 0 Å². The van der Waals surface area contributed by atoms with E-state index in [0.29, 0.717) is 31.5 Å². The number of phenolic OH excluding ortho intramolecular Hbond substituents is 1. The van der Waals surface area contributed by atoms with Crippen LogP contribution in [-0.2, 0) is 36.8 Å². The van der Waals surface area contributed by atoms with E-state index in [0.717, 1.165) is 16.7 Å². The van der Waals surface area contributed by atoms with Gasteiger partial charge in [-0.3, -0.25) is 24.0 Å². The van der Waals surface area contributed by atoms with Crippen LogP contribution in [0, 0.1) is 0 Å². The number of rotatable bonds is 21. The Bertz CT molecular complexity index is 1650. The molecule has 13 N–H and O–H groups in total. The first-order chi connectivity index (χ1) is 27.8. The molecule has 5 amide bonds. The van der Waals surface area contributed by atoms with Crippen molar-refractivity contribution in [2.75, 3.05) is 68.0 Å². The second-order valence-corrected chi connectivity index (χ2v) is 14.5. The molecule has 1 heterocycles. The second kappa shape index (κ2) is 24.9. The normalized spacial score (nSPS) is 19.3. The van der Waals surface area contributed by atoms with Crippen LogP contribution < -0.4 is 53.2 Å². The van der Waals surface area contributed by atoms with Crippen molar-refractivity contribution in [3.63, 3.8) is 0 Å². The van der Waals surface area contributed by atoms with E-state index in [2.05, 4.69) is 53.2 Å². The summed E-state index contributed by atoms with van der Waals surface area (Å²) in [6.07, 6.45) is -0.446. The van der Waals surface area contributed by atoms with E-state index < -0.39 is 60.1 Å². The van der Waals surface area contributed by atoms with Gasteiger partial charge < -0.3 is 68.5 Å². The standard InChI is InChI=1S/C40H64N10O8/c1-41-21-28(51)20-34-40(58)49-33(17-24-8-6-9-25(16-24)26-11-12-35(53)27(18-26)19-32(45-5)39(57)50-34)38(56)47-15-13-31(44-4)36(54)46-14-7-10-30(43-3)37(55)48-23-29(52)22-42-2/h6,8-9,11-12,16,18,28-34,41-45,51-53H,7,10,13-15,17,19-23H2,1-5H3,(H,46,54)(H,47,56)(H,48,55)(H,49,58)(H,50,57)/t28-,29?,30+,31+,32+,33+,34+/m1/s1. The van der Waals surface area contributed by atoms with Gasteiger partial charge in [-0.15, -0.1) is 0 Å². The van der Waals surface area contributed by atoms with Gasteiger partial charge in [0.1, 0.15) is 17.8 Å². The molecular formula is C40H64N10O8. The van der Waals surface area contributed by atoms with Gasteiger partial charge in [0.15, 0.2) is 0 Å². The molecular weight excluding hydrogens is 749 g/mol. The summed E-state index contributed by atoms with van der Waals surface area (Å²) in [6.45, 7) is 1.03. The van der Waals surface area contributed by atoms with Crippen LogP contribution in [0.15, 0.2) is 42.5 Å². The minimum atomic E-state index is -1.20. The van der Waals surface area contributed by atoms with E-state index in [4.69, 9.17) is 0 Å². The molecule has 18 heteroatoms. The first kappa shape index (κ1) is 47.7. The molecule has 1 unspecified atom stereocenters. The highest BCUT2D eigenvalue weighted by atomic mass is 16.3. The highest BCUT2D eigenvalue weighted by Crippen LogP contribution is 2.28. The van der Waals surface area contributed by atoms with Gasteiger partial charge in [-0.05, 0) is 88.9 Å². The van der Waals surface area contributed by atoms with E-state index >= 15 is 0 Å². The molecule has 0 spiro atoms. The van der Waals surface area contributed by atoms with Crippen LogP contribution in [0.3, 0.4) is 0 Å². The number of amides is 5. The van der Waals surface area contributed by atoms with Crippen LogP contribution in [0.1, 0.15) is 36.8 Å². The number of carbonyl (C=O) groups excluding carboxylic acids is 5. The summed E-state index contributed by atoms with van der Waals surface area (Å²) in [5, 5.41) is 59.8. The van der Waals surface area contributed by atoms with Crippen molar-refractivity contribution in [1.82, 2.24) is 53.2 Å². The molecule has 2 aromatic carbocycles. The summed E-state index contributed by atoms with van der Waals surface area (Å²) in [4.78, 5) is 66.9. The zero-order chi connectivity index (χ0) is 42.6. The van der Waals surface area contributed by atoms with Crippen molar-refractivity contribution in [2.45, 2.75) is 80.9 Å². The van der Waals surface area contributed by atoms with Crippen LogP contribution in [0.5, 0.6) is 5.75 Å². The van der Waals surface area contributed by atoms with Gasteiger partial charge in [0.25, 0.3) is 0 Å². The number of fused-ring (bicyclic) bond motifs is 5. The lowest BCUT2D eigenvalue weighted by Crippen LogP contribution is -2.58. The molecule has 4 bridgehead atoms. The Balaban J connectivity index is 1.72. The average molecular weight is 813 g/mol. The minimum Gasteiger partial charge on any atom is -0.508 e. The zero-order valence-electron chi connectivity index (χ0n) is 34.2. The number of nitrogens with one attached hydrogen (secondary N) is 10. The third-order valence-electron chi connectivity index (χ3n) is 10.1. The lowest BCUT2D eigenvalue weighted by Gasteiger charge is -2.26. The highest BCUT2D eigenvalue weighted by Gasteiger charge is 2.31. The van der Waals surface area contributed by atoms with Gasteiger partial charge in [-0.25, -0.2) is 0 Å². The van der Waals surface area contributed by atoms with Gasteiger partial charge in [-0.2, -0.15) is 0 Å². The van der Waals surface area contributed by atoms with Crippen molar-refractivity contribution in [3.8, 4) is 16.9 Å². The Kier molecular flexibility index (Phi) is 20.5. The summed E-state index contributed by atoms with van der Waals surface area (Å²) in [6, 6.07) is 8.33. The van der Waals surface area contributed by atoms with Crippen LogP contribution in [0.25, 0.3) is 11.1 Å². The fraction of sp³-hybridized carbons (Fsp3) is 0.575. The Morgan fingerprint density at radius 3 is 2.10 bits per heavy atom. The molecule has 1 aliphatic rings. The Morgan fingerprint density at radius 2 is 1.41 bits per heavy atom. The van der Waals surface area contributed by atoms with Crippen molar-refractivity contribution >= 4 is 29.5 Å². The lowest BCUT2D eigenvalue weighted by atomic mass is 9.96. The molecule has 1 aliphatic heterocycles. The Hall–Kier alpha value is -4.69. The summed E-state index contributed by atoms with van der Waals surface area (Å²) < 4.78 is 0. The van der Waals surface area contributed by atoms with Crippen LogP contribution in [0.4, 0.5) is 0 Å². The highest BCUT2D eigenvalue weighted by molar-refractivity contribution is 5.93. The average Bonchev–Trinajstić information content (AvgIpc) is 3.20. The van der Waals surface area contributed by atoms with Crippen molar-refractivity contribution in [2.24, 2.45) is 0 Å². The molecule has 2 aromatic rings. The van der Waals surface area contributed by atoms with Gasteiger partial charge in [-0.1, -0.05) is 30.3 Å². The van der Waals surface area contributed by atoms with E-state index in [1.165, 1.54) is 0 Å². The van der Waals surface area contributed by atoms with E-state index in [1.54, 1.807) is 53.4 Å². The van der Waals surface area contributed by atoms with Crippen molar-refractivity contribution in [1.29, 1.82) is 0 Å². The number of likely N-dealkylation sites (N-methyl/N-ethyl adjacent to an activating group) is 5. The fourth-order valence-electron chi connectivity index (χ4n) is 6.73. The minimum absolute atomic E-state index is 0.0175. The monoisotopic (exact) mass is 812 g/mol. The maximum absolute atomic E-state index is 13.9. The summed E-state index contributed by atoms with van der Waals surface area (Å²) in [5.74, 6) is -2.21. The summed E-state index contributed by atoms with van der Waals surface area (Å²) in [5.41, 5.74) is 2.86. The molecule has 0 fully saturated rings. The van der Waals surface area contributed by atoms with E-state index in [9.17, 15) is 39.3 Å². The lowest BCUT2D eigenvalue weighted by molar-refractivity contribution is -0.133. The molecule has 58 heavy (non-hydrogen) atoms. The molecule has 0 saturated heterocycles. The number of hydrogen-bond donors (Lipinski definition) is 13. The SMILES string of the molecule is CNCC(O)CNC(=O)[C@H](CCCNC(=O)[C@H](CCNC(=O)[C@@H]1Cc2cccc(c2)-c2ccc(O)c(c2)C[C@H](NC)C(=O)N[C@@H](C[C@@H](O)CNC)C(=O)N1)NC)NC. The molecule has 0 aliphatic carbocycles. The third kappa shape index (κ3) is 15.2. The number of benzene rings is 2. The Labute approximate surface area is 340 Å². The predicted octanol–water partition coefficient (Wildman–Crippen LogP) is -3.04. The number of hydrogen-bond acceptors (Lipinski definition) is 13. The van der Waals surface area contributed by atoms with Crippen LogP contribution in [-0.4, -0.2) is 155 Å². The molecule has 0 aromatic heterocycles. The predicted molar refractivity (Wildman–Crippen MR) is 221 cm³/mol. The smallest absolute Gasteiger partial charge is 0.243 e. The Morgan fingerprint density at radius 1 is 0.741 bits per heavy atom. The van der Waals surface area contributed by atoms with Gasteiger partial charge in [0, 0.05) is 52.0 Å². The van der Waals surface area contributed by atoms with Gasteiger partial charge in [0.2, 0.25) is 29.5 Å².